The Balaban J connectivity index is 3.14. The van der Waals surface area contributed by atoms with Gasteiger partial charge < -0.3 is 4.90 Å². The highest BCUT2D eigenvalue weighted by atomic mass is 16.2. The van der Waals surface area contributed by atoms with E-state index in [4.69, 9.17) is 0 Å². The van der Waals surface area contributed by atoms with Crippen molar-refractivity contribution in [1.82, 2.24) is 9.88 Å². The van der Waals surface area contributed by atoms with E-state index in [9.17, 15) is 4.79 Å². The van der Waals surface area contributed by atoms with E-state index in [0.717, 1.165) is 17.0 Å². The molecule has 3 nitrogen and oxygen atoms in total. The zero-order valence-corrected chi connectivity index (χ0v) is 10.0. The van der Waals surface area contributed by atoms with Gasteiger partial charge in [0.15, 0.2) is 0 Å². The van der Waals surface area contributed by atoms with Gasteiger partial charge in [-0.3, -0.25) is 9.78 Å². The lowest BCUT2D eigenvalue weighted by Gasteiger charge is -2.13. The number of pyridine rings is 1. The Morgan fingerprint density at radius 3 is 2.40 bits per heavy atom. The van der Waals surface area contributed by atoms with E-state index in [2.05, 4.69) is 18.8 Å². The number of hydrogen-bond acceptors (Lipinski definition) is 2. The van der Waals surface area contributed by atoms with Crippen molar-refractivity contribution in [3.63, 3.8) is 0 Å². The molecule has 0 spiro atoms. The first kappa shape index (κ1) is 11.7. The van der Waals surface area contributed by atoms with Crippen molar-refractivity contribution in [2.45, 2.75) is 26.7 Å². The summed E-state index contributed by atoms with van der Waals surface area (Å²) in [5, 5.41) is 0. The van der Waals surface area contributed by atoms with Gasteiger partial charge in [-0.05, 0) is 25.0 Å². The molecular formula is C12H18N2O. The molecule has 0 saturated carbocycles. The van der Waals surface area contributed by atoms with Gasteiger partial charge in [0.05, 0.1) is 0 Å². The summed E-state index contributed by atoms with van der Waals surface area (Å²) in [5.74, 6) is 0.376. The molecule has 1 rings (SSSR count). The lowest BCUT2D eigenvalue weighted by molar-refractivity contribution is 0.0827. The zero-order chi connectivity index (χ0) is 11.6. The molecule has 0 aliphatic heterocycles. The van der Waals surface area contributed by atoms with E-state index in [-0.39, 0.29) is 5.91 Å². The van der Waals surface area contributed by atoms with E-state index in [1.165, 1.54) is 0 Å². The van der Waals surface area contributed by atoms with Crippen LogP contribution in [-0.2, 0) is 0 Å². The van der Waals surface area contributed by atoms with Crippen molar-refractivity contribution >= 4 is 5.91 Å². The van der Waals surface area contributed by atoms with E-state index in [1.54, 1.807) is 19.0 Å². The van der Waals surface area contributed by atoms with Crippen LogP contribution in [0.3, 0.4) is 0 Å². The van der Waals surface area contributed by atoms with Crippen LogP contribution in [0.1, 0.15) is 41.5 Å². The molecule has 0 N–H and O–H groups in total. The van der Waals surface area contributed by atoms with Gasteiger partial charge in [-0.1, -0.05) is 13.8 Å². The molecule has 0 bridgehead atoms. The van der Waals surface area contributed by atoms with Crippen LogP contribution in [0, 0.1) is 6.92 Å². The highest BCUT2D eigenvalue weighted by Crippen LogP contribution is 2.15. The number of nitrogens with zero attached hydrogens (tertiary/aromatic N) is 2. The predicted octanol–water partition coefficient (Wildman–Crippen LogP) is 2.22. The number of aryl methyl sites for hydroxylation is 1. The van der Waals surface area contributed by atoms with Crippen LogP contribution in [0.4, 0.5) is 0 Å². The van der Waals surface area contributed by atoms with Crippen LogP contribution in [-0.4, -0.2) is 29.9 Å². The number of carbonyl (C=O) groups excluding carboxylic acids is 1. The third kappa shape index (κ3) is 2.78. The monoisotopic (exact) mass is 206 g/mol. The molecule has 82 valence electrons. The molecular weight excluding hydrogens is 188 g/mol. The molecule has 0 unspecified atom stereocenters. The van der Waals surface area contributed by atoms with Crippen molar-refractivity contribution in [3.05, 3.63) is 29.1 Å². The average molecular weight is 206 g/mol. The summed E-state index contributed by atoms with van der Waals surface area (Å²) >= 11 is 0. The van der Waals surface area contributed by atoms with Gasteiger partial charge in [-0.2, -0.15) is 0 Å². The quantitative estimate of drug-likeness (QED) is 0.743. The Kier molecular flexibility index (Phi) is 3.45. The fourth-order valence-corrected chi connectivity index (χ4v) is 1.37. The second-order valence-corrected chi connectivity index (χ2v) is 4.28. The minimum atomic E-state index is 0.0300. The van der Waals surface area contributed by atoms with Crippen LogP contribution in [0.15, 0.2) is 12.1 Å². The lowest BCUT2D eigenvalue weighted by Crippen LogP contribution is -2.22. The van der Waals surface area contributed by atoms with Crippen LogP contribution in [0.2, 0.25) is 0 Å². The second-order valence-electron chi connectivity index (χ2n) is 4.28. The van der Waals surface area contributed by atoms with Crippen LogP contribution >= 0.6 is 0 Å². The Bertz CT molecular complexity index is 370. The lowest BCUT2D eigenvalue weighted by atomic mass is 10.1. The first-order valence-corrected chi connectivity index (χ1v) is 5.12. The summed E-state index contributed by atoms with van der Waals surface area (Å²) in [6.07, 6.45) is 0. The molecule has 15 heavy (non-hydrogen) atoms. The molecule has 0 aromatic carbocycles. The summed E-state index contributed by atoms with van der Waals surface area (Å²) in [6, 6.07) is 3.70. The third-order valence-electron chi connectivity index (χ3n) is 2.22. The zero-order valence-electron chi connectivity index (χ0n) is 10.0. The van der Waals surface area contributed by atoms with E-state index < -0.39 is 0 Å². The first-order chi connectivity index (χ1) is 6.91. The fourth-order valence-electron chi connectivity index (χ4n) is 1.37. The number of hydrogen-bond donors (Lipinski definition) is 0. The third-order valence-corrected chi connectivity index (χ3v) is 2.22. The van der Waals surface area contributed by atoms with E-state index in [0.29, 0.717) is 5.92 Å². The van der Waals surface area contributed by atoms with Crippen molar-refractivity contribution in [2.75, 3.05) is 14.1 Å². The van der Waals surface area contributed by atoms with Crippen molar-refractivity contribution in [2.24, 2.45) is 0 Å². The van der Waals surface area contributed by atoms with Crippen molar-refractivity contribution in [3.8, 4) is 0 Å². The van der Waals surface area contributed by atoms with Crippen LogP contribution in [0.5, 0.6) is 0 Å². The van der Waals surface area contributed by atoms with Crippen LogP contribution < -0.4 is 0 Å². The summed E-state index contributed by atoms with van der Waals surface area (Å²) in [6.45, 7) is 6.07. The topological polar surface area (TPSA) is 33.2 Å². The number of rotatable bonds is 2. The number of aromatic nitrogens is 1. The molecule has 3 heteroatoms. The Labute approximate surface area is 91.1 Å². The molecule has 0 atom stereocenters. The number of carbonyl (C=O) groups is 1. The van der Waals surface area contributed by atoms with Gasteiger partial charge in [0.1, 0.15) is 0 Å². The largest absolute Gasteiger partial charge is 0.345 e. The molecule has 0 radical (unpaired) electrons. The average Bonchev–Trinajstić information content (AvgIpc) is 2.15. The minimum Gasteiger partial charge on any atom is -0.345 e. The van der Waals surface area contributed by atoms with Gasteiger partial charge in [0.25, 0.3) is 5.91 Å². The standard InChI is InChI=1S/C12H18N2O/c1-8(2)11-7-10(6-9(3)13-11)12(15)14(4)5/h6-8H,1-5H3. The Morgan fingerprint density at radius 2 is 1.93 bits per heavy atom. The second kappa shape index (κ2) is 4.43. The van der Waals surface area contributed by atoms with Crippen molar-refractivity contribution < 1.29 is 4.79 Å². The van der Waals surface area contributed by atoms with Gasteiger partial charge in [-0.15, -0.1) is 0 Å². The molecule has 0 aliphatic carbocycles. The van der Waals surface area contributed by atoms with Gasteiger partial charge in [0.2, 0.25) is 0 Å². The van der Waals surface area contributed by atoms with E-state index in [1.807, 2.05) is 19.1 Å². The SMILES string of the molecule is Cc1cc(C(=O)N(C)C)cc(C(C)C)n1. The van der Waals surface area contributed by atoms with Gasteiger partial charge in [-0.25, -0.2) is 0 Å². The van der Waals surface area contributed by atoms with Crippen LogP contribution in [0.25, 0.3) is 0 Å². The summed E-state index contributed by atoms with van der Waals surface area (Å²) < 4.78 is 0. The normalized spacial score (nSPS) is 10.5. The Morgan fingerprint density at radius 1 is 1.33 bits per heavy atom. The van der Waals surface area contributed by atoms with Gasteiger partial charge in [0, 0.05) is 31.0 Å². The smallest absolute Gasteiger partial charge is 0.253 e. The highest BCUT2D eigenvalue weighted by Gasteiger charge is 2.11. The molecule has 0 aliphatic rings. The molecule has 1 aromatic heterocycles. The molecule has 0 fully saturated rings. The Hall–Kier alpha value is -1.38. The fraction of sp³-hybridized carbons (Fsp3) is 0.500. The summed E-state index contributed by atoms with van der Waals surface area (Å²) in [4.78, 5) is 17.8. The molecule has 0 saturated heterocycles. The van der Waals surface area contributed by atoms with Gasteiger partial charge >= 0.3 is 0 Å². The highest BCUT2D eigenvalue weighted by molar-refractivity contribution is 5.94. The minimum absolute atomic E-state index is 0.0300. The molecule has 1 aromatic rings. The van der Waals surface area contributed by atoms with E-state index >= 15 is 0 Å². The maximum absolute atomic E-state index is 11.8. The molecule has 1 amide bonds. The van der Waals surface area contributed by atoms with Crippen molar-refractivity contribution in [1.29, 1.82) is 0 Å². The number of amides is 1. The summed E-state index contributed by atoms with van der Waals surface area (Å²) in [5.41, 5.74) is 2.59. The summed E-state index contributed by atoms with van der Waals surface area (Å²) in [7, 11) is 3.51. The maximum atomic E-state index is 11.8. The molecule has 1 heterocycles. The maximum Gasteiger partial charge on any atom is 0.253 e. The first-order valence-electron chi connectivity index (χ1n) is 5.12. The predicted molar refractivity (Wildman–Crippen MR) is 61.1 cm³/mol.